The van der Waals surface area contributed by atoms with Gasteiger partial charge in [-0.1, -0.05) is 6.07 Å². The number of guanidine groups is 1. The highest BCUT2D eigenvalue weighted by Gasteiger charge is 2.20. The lowest BCUT2D eigenvalue weighted by Crippen LogP contribution is -2.25. The molecule has 0 unspecified atom stereocenters. The molecule has 0 fully saturated rings. The number of ether oxygens (including phenoxy) is 2. The minimum absolute atomic E-state index is 0.0454. The van der Waals surface area contributed by atoms with Crippen LogP contribution in [0, 0.1) is 0 Å². The Morgan fingerprint density at radius 2 is 2.27 bits per heavy atom. The quantitative estimate of drug-likeness (QED) is 0.339. The Balaban J connectivity index is 2.16. The van der Waals surface area contributed by atoms with Crippen LogP contribution in [-0.2, 0) is 0 Å². The van der Waals surface area contributed by atoms with E-state index in [1.54, 1.807) is 20.3 Å². The first-order valence-corrected chi connectivity index (χ1v) is 6.76. The summed E-state index contributed by atoms with van der Waals surface area (Å²) in [6.45, 7) is 0.743. The van der Waals surface area contributed by atoms with E-state index in [1.807, 2.05) is 18.2 Å². The van der Waals surface area contributed by atoms with Crippen LogP contribution in [0.3, 0.4) is 0 Å². The number of rotatable bonds is 6. The molecule has 0 saturated carbocycles. The molecule has 1 aliphatic heterocycles. The Bertz CT molecular complexity index is 620. The molecule has 1 aromatic carbocycles. The van der Waals surface area contributed by atoms with Gasteiger partial charge in [-0.3, -0.25) is 9.98 Å². The maximum atomic E-state index is 5.82. The van der Waals surface area contributed by atoms with Crippen molar-refractivity contribution < 1.29 is 9.47 Å². The van der Waals surface area contributed by atoms with Crippen LogP contribution in [0.2, 0.25) is 0 Å². The van der Waals surface area contributed by atoms with Crippen molar-refractivity contribution in [3.63, 3.8) is 0 Å². The maximum Gasteiger partial charge on any atom is 0.186 e. The molecular weight excluding hydrogens is 284 g/mol. The molecule has 0 aromatic heterocycles. The van der Waals surface area contributed by atoms with E-state index in [4.69, 9.17) is 20.9 Å². The van der Waals surface area contributed by atoms with Gasteiger partial charge in [0.25, 0.3) is 0 Å². The normalized spacial score (nSPS) is 13.2. The molecule has 8 heteroatoms. The predicted octanol–water partition coefficient (Wildman–Crippen LogP) is 0.232. The largest absolute Gasteiger partial charge is 0.489 e. The second-order valence-corrected chi connectivity index (χ2v) is 4.39. The molecule has 0 atom stereocenters. The van der Waals surface area contributed by atoms with Gasteiger partial charge in [0.1, 0.15) is 23.9 Å². The van der Waals surface area contributed by atoms with E-state index in [2.05, 4.69) is 20.6 Å². The van der Waals surface area contributed by atoms with Gasteiger partial charge in [-0.2, -0.15) is 0 Å². The predicted molar refractivity (Wildman–Crippen MR) is 87.4 cm³/mol. The molecule has 0 spiro atoms. The maximum absolute atomic E-state index is 5.82. The molecule has 1 aliphatic rings. The number of fused-ring (bicyclic) bond motifs is 1. The van der Waals surface area contributed by atoms with Gasteiger partial charge < -0.3 is 31.6 Å². The smallest absolute Gasteiger partial charge is 0.186 e. The SMILES string of the molecule is CN=CC1=C(NC)Nc2c(OCCN=C(N)N)cccc2O1. The molecule has 0 saturated heterocycles. The zero-order valence-corrected chi connectivity index (χ0v) is 12.6. The van der Waals surface area contributed by atoms with E-state index in [9.17, 15) is 0 Å². The van der Waals surface area contributed by atoms with Crippen molar-refractivity contribution in [1.82, 2.24) is 5.32 Å². The summed E-state index contributed by atoms with van der Waals surface area (Å²) >= 11 is 0. The Hall–Kier alpha value is -2.90. The van der Waals surface area contributed by atoms with Crippen LogP contribution in [0.5, 0.6) is 11.5 Å². The van der Waals surface area contributed by atoms with Crippen molar-refractivity contribution in [2.24, 2.45) is 21.5 Å². The van der Waals surface area contributed by atoms with Gasteiger partial charge >= 0.3 is 0 Å². The van der Waals surface area contributed by atoms with Crippen molar-refractivity contribution >= 4 is 17.9 Å². The summed E-state index contributed by atoms with van der Waals surface area (Å²) in [6, 6.07) is 5.54. The highest BCUT2D eigenvalue weighted by molar-refractivity contribution is 5.83. The second-order valence-electron chi connectivity index (χ2n) is 4.39. The number of allylic oxidation sites excluding steroid dienone is 1. The molecule has 1 heterocycles. The fraction of sp³-hybridized carbons (Fsp3) is 0.286. The summed E-state index contributed by atoms with van der Waals surface area (Å²) in [5, 5.41) is 6.27. The van der Waals surface area contributed by atoms with Gasteiger partial charge in [-0.15, -0.1) is 0 Å². The van der Waals surface area contributed by atoms with Gasteiger partial charge in [-0.05, 0) is 12.1 Å². The minimum Gasteiger partial charge on any atom is -0.489 e. The first-order valence-electron chi connectivity index (χ1n) is 6.76. The van der Waals surface area contributed by atoms with Crippen LogP contribution in [0.15, 0.2) is 39.8 Å². The number of nitrogens with two attached hydrogens (primary N) is 2. The molecule has 0 radical (unpaired) electrons. The average molecular weight is 304 g/mol. The second kappa shape index (κ2) is 7.21. The van der Waals surface area contributed by atoms with Crippen molar-refractivity contribution in [3.05, 3.63) is 29.8 Å². The number of hydrogen-bond acceptors (Lipinski definition) is 6. The first-order chi connectivity index (χ1) is 10.7. The molecule has 2 rings (SSSR count). The topological polar surface area (TPSA) is 119 Å². The van der Waals surface area contributed by atoms with Crippen LogP contribution in [0.4, 0.5) is 5.69 Å². The number of anilines is 1. The van der Waals surface area contributed by atoms with Gasteiger partial charge in [0.15, 0.2) is 17.5 Å². The molecule has 0 amide bonds. The third kappa shape index (κ3) is 3.60. The molecule has 0 aliphatic carbocycles. The lowest BCUT2D eigenvalue weighted by Gasteiger charge is -2.24. The van der Waals surface area contributed by atoms with Crippen molar-refractivity contribution in [2.75, 3.05) is 32.6 Å². The highest BCUT2D eigenvalue weighted by atomic mass is 16.5. The van der Waals surface area contributed by atoms with Crippen molar-refractivity contribution in [3.8, 4) is 11.5 Å². The van der Waals surface area contributed by atoms with E-state index in [0.717, 1.165) is 5.69 Å². The third-order valence-corrected chi connectivity index (χ3v) is 2.84. The van der Waals surface area contributed by atoms with Crippen LogP contribution in [-0.4, -0.2) is 39.4 Å². The third-order valence-electron chi connectivity index (χ3n) is 2.84. The Morgan fingerprint density at radius 3 is 2.95 bits per heavy atom. The van der Waals surface area contributed by atoms with Gasteiger partial charge in [0, 0.05) is 14.1 Å². The van der Waals surface area contributed by atoms with E-state index < -0.39 is 0 Å². The lowest BCUT2D eigenvalue weighted by atomic mass is 10.2. The number of nitrogens with zero attached hydrogens (tertiary/aromatic N) is 2. The van der Waals surface area contributed by atoms with Crippen molar-refractivity contribution in [2.45, 2.75) is 0 Å². The number of para-hydroxylation sites is 1. The Morgan fingerprint density at radius 1 is 1.45 bits per heavy atom. The monoisotopic (exact) mass is 304 g/mol. The summed E-state index contributed by atoms with van der Waals surface area (Å²) in [5.74, 6) is 2.68. The molecule has 6 N–H and O–H groups in total. The van der Waals surface area contributed by atoms with Crippen LogP contribution in [0.25, 0.3) is 0 Å². The van der Waals surface area contributed by atoms with E-state index in [0.29, 0.717) is 36.2 Å². The zero-order chi connectivity index (χ0) is 15.9. The molecule has 1 aromatic rings. The summed E-state index contributed by atoms with van der Waals surface area (Å²) in [6.07, 6.45) is 1.63. The van der Waals surface area contributed by atoms with Crippen LogP contribution < -0.4 is 31.6 Å². The number of benzene rings is 1. The van der Waals surface area contributed by atoms with E-state index in [-0.39, 0.29) is 5.96 Å². The molecule has 8 nitrogen and oxygen atoms in total. The van der Waals surface area contributed by atoms with Crippen molar-refractivity contribution in [1.29, 1.82) is 0 Å². The number of aliphatic imine (C=N–C) groups is 2. The fourth-order valence-corrected chi connectivity index (χ4v) is 1.92. The summed E-state index contributed by atoms with van der Waals surface area (Å²) in [7, 11) is 3.48. The van der Waals surface area contributed by atoms with E-state index >= 15 is 0 Å². The van der Waals surface area contributed by atoms with Crippen LogP contribution in [0.1, 0.15) is 0 Å². The molecular formula is C14H20N6O2. The molecule has 22 heavy (non-hydrogen) atoms. The highest BCUT2D eigenvalue weighted by Crippen LogP contribution is 2.39. The molecule has 0 bridgehead atoms. The minimum atomic E-state index is 0.0454. The fourth-order valence-electron chi connectivity index (χ4n) is 1.92. The zero-order valence-electron chi connectivity index (χ0n) is 12.6. The summed E-state index contributed by atoms with van der Waals surface area (Å²) in [4.78, 5) is 7.85. The molecule has 118 valence electrons. The first kappa shape index (κ1) is 15.5. The van der Waals surface area contributed by atoms with E-state index in [1.165, 1.54) is 0 Å². The number of nitrogens with one attached hydrogen (secondary N) is 2. The summed E-state index contributed by atoms with van der Waals surface area (Å²) in [5.41, 5.74) is 11.3. The Labute approximate surface area is 128 Å². The average Bonchev–Trinajstić information content (AvgIpc) is 2.51. The Kier molecular flexibility index (Phi) is 5.07. The van der Waals surface area contributed by atoms with Gasteiger partial charge in [-0.25, -0.2) is 0 Å². The standard InChI is InChI=1S/C14H20N6O2/c1-17-8-11-13(18-2)20-12-9(4-3-5-10(12)22-11)21-7-6-19-14(15)16/h3-5,8,18,20H,6-7H2,1-2H3,(H4,15,16,19). The summed E-state index contributed by atoms with van der Waals surface area (Å²) < 4.78 is 11.5. The number of hydrogen-bond donors (Lipinski definition) is 4. The van der Waals surface area contributed by atoms with Gasteiger partial charge in [0.2, 0.25) is 0 Å². The van der Waals surface area contributed by atoms with Gasteiger partial charge in [0.05, 0.1) is 12.8 Å². The lowest BCUT2D eigenvalue weighted by molar-refractivity contribution is 0.327. The van der Waals surface area contributed by atoms with Crippen LogP contribution >= 0.6 is 0 Å².